The Hall–Kier alpha value is -1.02. The molecular weight excluding hydrogens is 208 g/mol. The fourth-order valence-corrected chi connectivity index (χ4v) is 3.48. The summed E-state index contributed by atoms with van der Waals surface area (Å²) in [4.78, 5) is 2.59. The van der Waals surface area contributed by atoms with Crippen molar-refractivity contribution in [2.75, 3.05) is 12.4 Å². The van der Waals surface area contributed by atoms with Crippen LogP contribution in [0.25, 0.3) is 0 Å². The van der Waals surface area contributed by atoms with Gasteiger partial charge in [-0.1, -0.05) is 18.2 Å². The van der Waals surface area contributed by atoms with E-state index in [0.29, 0.717) is 6.04 Å². The van der Waals surface area contributed by atoms with Gasteiger partial charge in [0.25, 0.3) is 0 Å². The van der Waals surface area contributed by atoms with Crippen molar-refractivity contribution in [2.24, 2.45) is 0 Å². The van der Waals surface area contributed by atoms with Gasteiger partial charge < -0.3 is 10.2 Å². The highest BCUT2D eigenvalue weighted by Gasteiger charge is 2.38. The third-order valence-electron chi connectivity index (χ3n) is 4.60. The van der Waals surface area contributed by atoms with E-state index in [4.69, 9.17) is 0 Å². The molecule has 17 heavy (non-hydrogen) atoms. The van der Waals surface area contributed by atoms with Crippen LogP contribution in [-0.4, -0.2) is 30.1 Å². The first-order valence-electron chi connectivity index (χ1n) is 6.78. The van der Waals surface area contributed by atoms with Crippen LogP contribution in [0.1, 0.15) is 31.2 Å². The van der Waals surface area contributed by atoms with Gasteiger partial charge >= 0.3 is 0 Å². The van der Waals surface area contributed by atoms with Crippen LogP contribution < -0.4 is 5.32 Å². The zero-order valence-electron chi connectivity index (χ0n) is 10.8. The van der Waals surface area contributed by atoms with Crippen molar-refractivity contribution < 1.29 is 0 Å². The Morgan fingerprint density at radius 2 is 1.76 bits per heavy atom. The van der Waals surface area contributed by atoms with Crippen molar-refractivity contribution in [3.05, 3.63) is 29.8 Å². The van der Waals surface area contributed by atoms with E-state index in [-0.39, 0.29) is 0 Å². The molecule has 92 valence electrons. The summed E-state index contributed by atoms with van der Waals surface area (Å²) in [6.07, 6.45) is 5.41. The minimum Gasteiger partial charge on any atom is -0.382 e. The molecule has 2 fully saturated rings. The summed E-state index contributed by atoms with van der Waals surface area (Å²) in [5.74, 6) is 0. The van der Waals surface area contributed by atoms with Gasteiger partial charge in [0.2, 0.25) is 0 Å². The molecule has 2 heteroatoms. The molecule has 1 aromatic carbocycles. The van der Waals surface area contributed by atoms with Gasteiger partial charge in [-0.25, -0.2) is 0 Å². The van der Waals surface area contributed by atoms with Crippen LogP contribution in [0.15, 0.2) is 24.3 Å². The van der Waals surface area contributed by atoms with E-state index in [1.165, 1.54) is 36.9 Å². The number of anilines is 1. The lowest BCUT2D eigenvalue weighted by molar-refractivity contribution is 0.169. The summed E-state index contributed by atoms with van der Waals surface area (Å²) in [5, 5.41) is 3.74. The normalized spacial score (nSPS) is 32.7. The molecule has 1 N–H and O–H groups in total. The van der Waals surface area contributed by atoms with Gasteiger partial charge in [-0.3, -0.25) is 0 Å². The summed E-state index contributed by atoms with van der Waals surface area (Å²) in [5.41, 5.74) is 2.68. The Balaban J connectivity index is 1.70. The maximum atomic E-state index is 3.74. The van der Waals surface area contributed by atoms with E-state index in [1.54, 1.807) is 0 Å². The molecule has 0 saturated carbocycles. The van der Waals surface area contributed by atoms with Crippen molar-refractivity contribution in [3.8, 4) is 0 Å². The zero-order valence-corrected chi connectivity index (χ0v) is 10.8. The van der Waals surface area contributed by atoms with Crippen LogP contribution in [0.5, 0.6) is 0 Å². The first-order valence-corrected chi connectivity index (χ1v) is 6.78. The number of hydrogen-bond donors (Lipinski definition) is 1. The molecule has 2 unspecified atom stereocenters. The molecule has 2 aliphatic heterocycles. The summed E-state index contributed by atoms with van der Waals surface area (Å²) in [6, 6.07) is 10.9. The summed E-state index contributed by atoms with van der Waals surface area (Å²) in [7, 11) is 2.30. The molecule has 0 amide bonds. The number of nitrogens with one attached hydrogen (secondary N) is 1. The maximum absolute atomic E-state index is 3.74. The third-order valence-corrected chi connectivity index (χ3v) is 4.60. The Labute approximate surface area is 104 Å². The number of benzene rings is 1. The lowest BCUT2D eigenvalue weighted by Gasteiger charge is -2.37. The topological polar surface area (TPSA) is 15.3 Å². The van der Waals surface area contributed by atoms with E-state index in [1.807, 2.05) is 0 Å². The lowest BCUT2D eigenvalue weighted by Crippen LogP contribution is -2.44. The fraction of sp³-hybridized carbons (Fsp3) is 0.600. The van der Waals surface area contributed by atoms with E-state index >= 15 is 0 Å². The quantitative estimate of drug-likeness (QED) is 0.840. The predicted octanol–water partition coefficient (Wildman–Crippen LogP) is 3.03. The van der Waals surface area contributed by atoms with Crippen molar-refractivity contribution in [1.29, 1.82) is 0 Å². The van der Waals surface area contributed by atoms with Crippen molar-refractivity contribution in [3.63, 3.8) is 0 Å². The molecule has 1 aromatic rings. The molecule has 2 atom stereocenters. The molecule has 2 heterocycles. The SMILES string of the molecule is Cc1ccccc1NC1CC2CCC(C1)N2C. The molecule has 0 radical (unpaired) electrons. The maximum Gasteiger partial charge on any atom is 0.0372 e. The first-order chi connectivity index (χ1) is 8.24. The Kier molecular flexibility index (Phi) is 2.83. The second kappa shape index (κ2) is 4.34. The van der Waals surface area contributed by atoms with Crippen LogP contribution in [-0.2, 0) is 0 Å². The highest BCUT2D eigenvalue weighted by molar-refractivity contribution is 5.51. The van der Waals surface area contributed by atoms with Gasteiger partial charge in [-0.15, -0.1) is 0 Å². The van der Waals surface area contributed by atoms with Crippen molar-refractivity contribution in [2.45, 2.75) is 50.7 Å². The summed E-state index contributed by atoms with van der Waals surface area (Å²) in [6.45, 7) is 2.19. The number of aryl methyl sites for hydroxylation is 1. The van der Waals surface area contributed by atoms with Crippen molar-refractivity contribution in [1.82, 2.24) is 4.90 Å². The summed E-state index contributed by atoms with van der Waals surface area (Å²) >= 11 is 0. The van der Waals surface area contributed by atoms with Gasteiger partial charge in [0, 0.05) is 23.8 Å². The molecule has 3 rings (SSSR count). The largest absolute Gasteiger partial charge is 0.382 e. The number of hydrogen-bond acceptors (Lipinski definition) is 2. The van der Waals surface area contributed by atoms with Gasteiger partial charge in [0.05, 0.1) is 0 Å². The predicted molar refractivity (Wildman–Crippen MR) is 72.4 cm³/mol. The molecule has 2 bridgehead atoms. The van der Waals surface area contributed by atoms with Crippen LogP contribution in [0.3, 0.4) is 0 Å². The fourth-order valence-electron chi connectivity index (χ4n) is 3.48. The average Bonchev–Trinajstić information content (AvgIpc) is 2.55. The van der Waals surface area contributed by atoms with E-state index in [9.17, 15) is 0 Å². The standard InChI is InChI=1S/C15H22N2/c1-11-5-3-4-6-15(11)16-12-9-13-7-8-14(10-12)17(13)2/h3-6,12-14,16H,7-10H2,1-2H3. The average molecular weight is 230 g/mol. The monoisotopic (exact) mass is 230 g/mol. The Morgan fingerprint density at radius 3 is 2.41 bits per heavy atom. The van der Waals surface area contributed by atoms with Crippen LogP contribution >= 0.6 is 0 Å². The second-order valence-electron chi connectivity index (χ2n) is 5.68. The minimum atomic E-state index is 0.671. The minimum absolute atomic E-state index is 0.671. The Bertz CT molecular complexity index is 388. The number of fused-ring (bicyclic) bond motifs is 2. The van der Waals surface area contributed by atoms with Crippen LogP contribution in [0.2, 0.25) is 0 Å². The number of piperidine rings is 1. The highest BCUT2D eigenvalue weighted by atomic mass is 15.2. The number of nitrogens with zero attached hydrogens (tertiary/aromatic N) is 1. The molecule has 2 aliphatic rings. The number of rotatable bonds is 2. The van der Waals surface area contributed by atoms with Gasteiger partial charge in [-0.05, 0) is 51.3 Å². The van der Waals surface area contributed by atoms with E-state index in [0.717, 1.165) is 12.1 Å². The molecule has 2 nitrogen and oxygen atoms in total. The van der Waals surface area contributed by atoms with Crippen LogP contribution in [0, 0.1) is 6.92 Å². The molecular formula is C15H22N2. The van der Waals surface area contributed by atoms with Gasteiger partial charge in [0.15, 0.2) is 0 Å². The first kappa shape index (κ1) is 11.1. The second-order valence-corrected chi connectivity index (χ2v) is 5.68. The molecule has 0 spiro atoms. The molecule has 2 saturated heterocycles. The third kappa shape index (κ3) is 2.06. The van der Waals surface area contributed by atoms with E-state index < -0.39 is 0 Å². The lowest BCUT2D eigenvalue weighted by atomic mass is 9.97. The van der Waals surface area contributed by atoms with E-state index in [2.05, 4.69) is 48.5 Å². The van der Waals surface area contributed by atoms with Crippen LogP contribution in [0.4, 0.5) is 5.69 Å². The molecule has 0 aromatic heterocycles. The summed E-state index contributed by atoms with van der Waals surface area (Å²) < 4.78 is 0. The number of para-hydroxylation sites is 1. The molecule has 0 aliphatic carbocycles. The van der Waals surface area contributed by atoms with Crippen molar-refractivity contribution >= 4 is 5.69 Å². The smallest absolute Gasteiger partial charge is 0.0372 e. The highest BCUT2D eigenvalue weighted by Crippen LogP contribution is 2.35. The van der Waals surface area contributed by atoms with Gasteiger partial charge in [0.1, 0.15) is 0 Å². The van der Waals surface area contributed by atoms with Gasteiger partial charge in [-0.2, -0.15) is 0 Å². The Morgan fingerprint density at radius 1 is 1.12 bits per heavy atom. The zero-order chi connectivity index (χ0) is 11.8.